The molecule has 5 rings (SSSR count). The Morgan fingerprint density at radius 3 is 2.63 bits per heavy atom. The Morgan fingerprint density at radius 2 is 1.89 bits per heavy atom. The molecule has 1 atom stereocenters. The lowest BCUT2D eigenvalue weighted by Crippen LogP contribution is -2.47. The second-order valence-corrected chi connectivity index (χ2v) is 9.97. The highest BCUT2D eigenvalue weighted by molar-refractivity contribution is 6.34. The fourth-order valence-electron chi connectivity index (χ4n) is 5.17. The second kappa shape index (κ2) is 11.1. The molecular formula is C26H36ClN7O. The highest BCUT2D eigenvalue weighted by atomic mass is 35.5. The lowest BCUT2D eigenvalue weighted by Gasteiger charge is -2.36. The predicted molar refractivity (Wildman–Crippen MR) is 144 cm³/mol. The van der Waals surface area contributed by atoms with Crippen molar-refractivity contribution in [2.45, 2.75) is 25.8 Å². The van der Waals surface area contributed by atoms with Crippen LogP contribution in [0.4, 0.5) is 11.4 Å². The standard InChI is InChI=1S/C26H36ClN7O/c1-3-9-33-10-8-20(18-33)29-23-22(27)17-28-26-24(23)30-25(31-26)19-4-6-21(7-5-19)34-13-11-32(12-14-34)15-16-35-2/h4-7,17,20H,3,8-16,18H2,1-2H3,(H2,28,29,30,31)/t20-/m0/s1. The van der Waals surface area contributed by atoms with Crippen molar-refractivity contribution in [3.05, 3.63) is 35.5 Å². The summed E-state index contributed by atoms with van der Waals surface area (Å²) in [5.74, 6) is 0.813. The number of hydrogen-bond acceptors (Lipinski definition) is 7. The van der Waals surface area contributed by atoms with Crippen LogP contribution in [0.1, 0.15) is 19.8 Å². The minimum absolute atomic E-state index is 0.380. The number of ether oxygens (including phenoxy) is 1. The first-order valence-electron chi connectivity index (χ1n) is 12.7. The van der Waals surface area contributed by atoms with E-state index in [9.17, 15) is 0 Å². The minimum atomic E-state index is 0.380. The molecule has 8 nitrogen and oxygen atoms in total. The van der Waals surface area contributed by atoms with Crippen LogP contribution in [0.5, 0.6) is 0 Å². The summed E-state index contributed by atoms with van der Waals surface area (Å²) in [6, 6.07) is 9.03. The summed E-state index contributed by atoms with van der Waals surface area (Å²) < 4.78 is 5.21. The summed E-state index contributed by atoms with van der Waals surface area (Å²) in [6.45, 7) is 11.5. The highest BCUT2D eigenvalue weighted by Gasteiger charge is 2.24. The summed E-state index contributed by atoms with van der Waals surface area (Å²) in [5.41, 5.74) is 4.76. The molecule has 0 unspecified atom stereocenters. The van der Waals surface area contributed by atoms with Crippen LogP contribution in [0.3, 0.4) is 0 Å². The van der Waals surface area contributed by atoms with Crippen LogP contribution in [0.2, 0.25) is 5.02 Å². The number of hydrogen-bond donors (Lipinski definition) is 2. The number of likely N-dealkylation sites (tertiary alicyclic amines) is 1. The van der Waals surface area contributed by atoms with E-state index in [1.807, 2.05) is 0 Å². The lowest BCUT2D eigenvalue weighted by molar-refractivity contribution is 0.144. The number of halogens is 1. The van der Waals surface area contributed by atoms with Gasteiger partial charge in [-0.15, -0.1) is 0 Å². The van der Waals surface area contributed by atoms with Gasteiger partial charge in [-0.25, -0.2) is 9.97 Å². The molecular weight excluding hydrogens is 462 g/mol. The molecule has 3 aromatic rings. The van der Waals surface area contributed by atoms with Gasteiger partial charge in [0, 0.05) is 70.2 Å². The average molecular weight is 498 g/mol. The maximum atomic E-state index is 6.58. The third-order valence-corrected chi connectivity index (χ3v) is 7.41. The zero-order valence-electron chi connectivity index (χ0n) is 20.8. The topological polar surface area (TPSA) is 72.6 Å². The smallest absolute Gasteiger partial charge is 0.180 e. The molecule has 0 spiro atoms. The Kier molecular flexibility index (Phi) is 7.72. The van der Waals surface area contributed by atoms with E-state index in [0.29, 0.717) is 16.7 Å². The van der Waals surface area contributed by atoms with Crippen LogP contribution in [-0.2, 0) is 4.74 Å². The van der Waals surface area contributed by atoms with Gasteiger partial charge in [-0.05, 0) is 43.7 Å². The van der Waals surface area contributed by atoms with Crippen molar-refractivity contribution in [3.63, 3.8) is 0 Å². The number of nitrogens with one attached hydrogen (secondary N) is 2. The van der Waals surface area contributed by atoms with Gasteiger partial charge < -0.3 is 24.8 Å². The first-order valence-corrected chi connectivity index (χ1v) is 13.1. The monoisotopic (exact) mass is 497 g/mol. The van der Waals surface area contributed by atoms with E-state index in [0.717, 1.165) is 88.0 Å². The number of nitrogens with zero attached hydrogens (tertiary/aromatic N) is 5. The number of imidazole rings is 1. The maximum Gasteiger partial charge on any atom is 0.180 e. The SMILES string of the molecule is CCCN1CC[C@H](Nc2c(Cl)cnc3nc(-c4ccc(N5CCN(CCOC)CC5)cc4)[nH]c23)C1. The van der Waals surface area contributed by atoms with E-state index in [4.69, 9.17) is 21.3 Å². The summed E-state index contributed by atoms with van der Waals surface area (Å²) in [5, 5.41) is 4.30. The average Bonchev–Trinajstić information content (AvgIpc) is 3.52. The number of H-pyrrole nitrogens is 1. The van der Waals surface area contributed by atoms with Gasteiger partial charge in [-0.2, -0.15) is 0 Å². The van der Waals surface area contributed by atoms with Gasteiger partial charge in [0.05, 0.1) is 23.5 Å². The van der Waals surface area contributed by atoms with Crippen LogP contribution in [0, 0.1) is 0 Å². The van der Waals surface area contributed by atoms with Crippen molar-refractivity contribution >= 4 is 34.1 Å². The van der Waals surface area contributed by atoms with Crippen molar-refractivity contribution in [1.29, 1.82) is 0 Å². The van der Waals surface area contributed by atoms with E-state index in [1.165, 1.54) is 12.1 Å². The predicted octanol–water partition coefficient (Wildman–Crippen LogP) is 3.94. The summed E-state index contributed by atoms with van der Waals surface area (Å²) in [4.78, 5) is 20.1. The van der Waals surface area contributed by atoms with Gasteiger partial charge in [0.2, 0.25) is 0 Å². The molecule has 0 saturated carbocycles. The number of anilines is 2. The number of fused-ring (bicyclic) bond motifs is 1. The number of methoxy groups -OCH3 is 1. The first-order chi connectivity index (χ1) is 17.1. The van der Waals surface area contributed by atoms with Crippen molar-refractivity contribution in [2.24, 2.45) is 0 Å². The number of rotatable bonds is 9. The van der Waals surface area contributed by atoms with E-state index < -0.39 is 0 Å². The Balaban J connectivity index is 1.29. The van der Waals surface area contributed by atoms with Crippen molar-refractivity contribution in [1.82, 2.24) is 24.8 Å². The van der Waals surface area contributed by atoms with Gasteiger partial charge in [0.15, 0.2) is 5.65 Å². The molecule has 35 heavy (non-hydrogen) atoms. The molecule has 0 amide bonds. The van der Waals surface area contributed by atoms with E-state index >= 15 is 0 Å². The summed E-state index contributed by atoms with van der Waals surface area (Å²) >= 11 is 6.58. The molecule has 2 aliphatic heterocycles. The van der Waals surface area contributed by atoms with Gasteiger partial charge in [-0.1, -0.05) is 18.5 Å². The zero-order chi connectivity index (χ0) is 24.2. The number of aromatic nitrogens is 3. The zero-order valence-corrected chi connectivity index (χ0v) is 21.5. The van der Waals surface area contributed by atoms with Crippen molar-refractivity contribution in [3.8, 4) is 11.4 Å². The van der Waals surface area contributed by atoms with Crippen molar-refractivity contribution < 1.29 is 4.74 Å². The number of piperazine rings is 1. The van der Waals surface area contributed by atoms with Crippen LogP contribution in [0.25, 0.3) is 22.6 Å². The summed E-state index contributed by atoms with van der Waals surface area (Å²) in [7, 11) is 1.76. The van der Waals surface area contributed by atoms with E-state index in [-0.39, 0.29) is 0 Å². The Labute approximate surface area is 212 Å². The number of pyridine rings is 1. The molecule has 0 radical (unpaired) electrons. The second-order valence-electron chi connectivity index (χ2n) is 9.56. The molecule has 1 aromatic carbocycles. The van der Waals surface area contributed by atoms with Crippen LogP contribution in [0.15, 0.2) is 30.5 Å². The molecule has 188 valence electrons. The lowest BCUT2D eigenvalue weighted by atomic mass is 10.1. The molecule has 2 fully saturated rings. The van der Waals surface area contributed by atoms with E-state index in [2.05, 4.69) is 61.2 Å². The van der Waals surface area contributed by atoms with Crippen molar-refractivity contribution in [2.75, 3.05) is 76.3 Å². The molecule has 2 aromatic heterocycles. The number of benzene rings is 1. The fraction of sp³-hybridized carbons (Fsp3) is 0.538. The van der Waals surface area contributed by atoms with Gasteiger partial charge in [0.25, 0.3) is 0 Å². The Hall–Kier alpha value is -2.39. The van der Waals surface area contributed by atoms with Crippen LogP contribution >= 0.6 is 11.6 Å². The summed E-state index contributed by atoms with van der Waals surface area (Å²) in [6.07, 6.45) is 3.99. The first kappa shape index (κ1) is 24.3. The molecule has 2 saturated heterocycles. The van der Waals surface area contributed by atoms with Gasteiger partial charge in [-0.3, -0.25) is 4.90 Å². The Bertz CT molecular complexity index is 1110. The van der Waals surface area contributed by atoms with Gasteiger partial charge in [0.1, 0.15) is 11.3 Å². The molecule has 4 heterocycles. The molecule has 2 N–H and O–H groups in total. The Morgan fingerprint density at radius 1 is 1.09 bits per heavy atom. The van der Waals surface area contributed by atoms with Crippen LogP contribution < -0.4 is 10.2 Å². The quantitative estimate of drug-likeness (QED) is 0.464. The third kappa shape index (κ3) is 5.56. The van der Waals surface area contributed by atoms with Gasteiger partial charge >= 0.3 is 0 Å². The maximum absolute atomic E-state index is 6.58. The number of aromatic amines is 1. The normalized spacial score (nSPS) is 19.6. The largest absolute Gasteiger partial charge is 0.383 e. The van der Waals surface area contributed by atoms with E-state index in [1.54, 1.807) is 13.3 Å². The third-order valence-electron chi connectivity index (χ3n) is 7.12. The fourth-order valence-corrected chi connectivity index (χ4v) is 5.36. The molecule has 2 aliphatic rings. The minimum Gasteiger partial charge on any atom is -0.383 e. The highest BCUT2D eigenvalue weighted by Crippen LogP contribution is 2.32. The molecule has 0 bridgehead atoms. The molecule has 9 heteroatoms. The van der Waals surface area contributed by atoms with Crippen LogP contribution in [-0.4, -0.2) is 96.9 Å². The molecule has 0 aliphatic carbocycles.